The molecule has 0 spiro atoms. The summed E-state index contributed by atoms with van der Waals surface area (Å²) in [4.78, 5) is 32.8. The van der Waals surface area contributed by atoms with Crippen LogP contribution in [0.4, 0.5) is 10.2 Å². The summed E-state index contributed by atoms with van der Waals surface area (Å²) in [6.07, 6.45) is 4.38. The Morgan fingerprint density at radius 2 is 1.81 bits per heavy atom. The van der Waals surface area contributed by atoms with Gasteiger partial charge in [-0.05, 0) is 60.6 Å². The topological polar surface area (TPSA) is 65.5 Å². The zero-order chi connectivity index (χ0) is 22.0. The molecular weight excluding hydrogens is 395 g/mol. The van der Waals surface area contributed by atoms with Gasteiger partial charge in [0.15, 0.2) is 0 Å². The number of rotatable bonds is 3. The van der Waals surface area contributed by atoms with E-state index in [1.807, 2.05) is 11.0 Å². The molecule has 4 rings (SSSR count). The van der Waals surface area contributed by atoms with E-state index in [2.05, 4.69) is 17.2 Å². The van der Waals surface area contributed by atoms with Crippen molar-refractivity contribution in [1.29, 1.82) is 0 Å². The van der Waals surface area contributed by atoms with E-state index in [0.29, 0.717) is 36.8 Å². The Morgan fingerprint density at radius 1 is 1.06 bits per heavy atom. The van der Waals surface area contributed by atoms with Crippen molar-refractivity contribution in [3.05, 3.63) is 59.0 Å². The minimum atomic E-state index is -0.309. The van der Waals surface area contributed by atoms with Crippen molar-refractivity contribution in [3.63, 3.8) is 0 Å². The number of nitrogens with zero attached hydrogens (tertiary/aromatic N) is 3. The number of nitrogens with one attached hydrogen (secondary N) is 1. The van der Waals surface area contributed by atoms with Gasteiger partial charge in [0.25, 0.3) is 5.91 Å². The van der Waals surface area contributed by atoms with E-state index in [0.717, 1.165) is 37.1 Å². The first-order valence-electron chi connectivity index (χ1n) is 11.0. The molecule has 7 heteroatoms. The van der Waals surface area contributed by atoms with Crippen LogP contribution >= 0.6 is 0 Å². The Kier molecular flexibility index (Phi) is 6.20. The zero-order valence-corrected chi connectivity index (χ0v) is 18.1. The van der Waals surface area contributed by atoms with E-state index in [4.69, 9.17) is 0 Å². The largest absolute Gasteiger partial charge is 0.363 e. The molecule has 2 aliphatic rings. The standard InChI is InChI=1S/C24H29FN4O2/c1-16-7-10-28(11-8-16)24(31)18-3-6-23(26-14-18)27-22-9-12-29(17(2)30)15-19-13-20(25)4-5-21(19)22/h3-6,13-14,16,22H,7-12,15H2,1-2H3,(H,26,27). The van der Waals surface area contributed by atoms with E-state index < -0.39 is 0 Å². The second-order valence-corrected chi connectivity index (χ2v) is 8.68. The van der Waals surface area contributed by atoms with Crippen molar-refractivity contribution in [3.8, 4) is 0 Å². The molecular formula is C24H29FN4O2. The van der Waals surface area contributed by atoms with Crippen molar-refractivity contribution in [2.75, 3.05) is 25.0 Å². The number of aromatic nitrogens is 1. The van der Waals surface area contributed by atoms with E-state index in [1.165, 1.54) is 19.1 Å². The number of hydrogen-bond acceptors (Lipinski definition) is 4. The maximum Gasteiger partial charge on any atom is 0.255 e. The lowest BCUT2D eigenvalue weighted by atomic mass is 9.98. The minimum absolute atomic E-state index is 0.0241. The summed E-state index contributed by atoms with van der Waals surface area (Å²) in [5.74, 6) is 1.02. The summed E-state index contributed by atoms with van der Waals surface area (Å²) in [6, 6.07) is 8.25. The Balaban J connectivity index is 1.49. The molecule has 1 aromatic heterocycles. The lowest BCUT2D eigenvalue weighted by molar-refractivity contribution is -0.129. The summed E-state index contributed by atoms with van der Waals surface area (Å²) in [5.41, 5.74) is 2.36. The van der Waals surface area contributed by atoms with Crippen LogP contribution in [0.2, 0.25) is 0 Å². The maximum atomic E-state index is 13.8. The molecule has 6 nitrogen and oxygen atoms in total. The van der Waals surface area contributed by atoms with E-state index in [1.54, 1.807) is 23.2 Å². The lowest BCUT2D eigenvalue weighted by Gasteiger charge is -2.30. The number of carbonyl (C=O) groups excluding carboxylic acids is 2. The number of anilines is 1. The Hall–Kier alpha value is -2.96. The molecule has 0 radical (unpaired) electrons. The van der Waals surface area contributed by atoms with Gasteiger partial charge < -0.3 is 15.1 Å². The Labute approximate surface area is 182 Å². The fourth-order valence-corrected chi connectivity index (χ4v) is 4.37. The summed E-state index contributed by atoms with van der Waals surface area (Å²) >= 11 is 0. The minimum Gasteiger partial charge on any atom is -0.363 e. The monoisotopic (exact) mass is 424 g/mol. The number of carbonyl (C=O) groups is 2. The van der Waals surface area contributed by atoms with Gasteiger partial charge in [0.2, 0.25) is 5.91 Å². The number of fused-ring (bicyclic) bond motifs is 1. The number of halogens is 1. The SMILES string of the molecule is CC(=O)N1CCC(Nc2ccc(C(=O)N3CCC(C)CC3)cn2)c2ccc(F)cc2C1. The van der Waals surface area contributed by atoms with Crippen molar-refractivity contribution in [1.82, 2.24) is 14.8 Å². The average Bonchev–Trinajstić information content (AvgIpc) is 2.93. The highest BCUT2D eigenvalue weighted by atomic mass is 19.1. The molecule has 0 aliphatic carbocycles. The summed E-state index contributed by atoms with van der Waals surface area (Å²) in [6.45, 7) is 6.32. The molecule has 0 bridgehead atoms. The third-order valence-corrected chi connectivity index (χ3v) is 6.38. The molecule has 1 N–H and O–H groups in total. The van der Waals surface area contributed by atoms with Gasteiger partial charge in [-0.25, -0.2) is 9.37 Å². The van der Waals surface area contributed by atoms with Crippen molar-refractivity contribution >= 4 is 17.6 Å². The second-order valence-electron chi connectivity index (χ2n) is 8.68. The van der Waals surface area contributed by atoms with Crippen molar-refractivity contribution in [2.45, 2.75) is 45.7 Å². The normalized spacial score (nSPS) is 19.5. The van der Waals surface area contributed by atoms with Crippen molar-refractivity contribution in [2.24, 2.45) is 5.92 Å². The third-order valence-electron chi connectivity index (χ3n) is 6.38. The zero-order valence-electron chi connectivity index (χ0n) is 18.1. The number of hydrogen-bond donors (Lipinski definition) is 1. The predicted molar refractivity (Wildman–Crippen MR) is 117 cm³/mol. The summed E-state index contributed by atoms with van der Waals surface area (Å²) < 4.78 is 13.8. The van der Waals surface area contributed by atoms with Gasteiger partial charge in [-0.2, -0.15) is 0 Å². The Bertz CT molecular complexity index is 955. The summed E-state index contributed by atoms with van der Waals surface area (Å²) in [5, 5.41) is 3.41. The molecule has 2 aliphatic heterocycles. The van der Waals surface area contributed by atoms with Gasteiger partial charge in [0.1, 0.15) is 11.6 Å². The molecule has 1 unspecified atom stereocenters. The number of likely N-dealkylation sites (tertiary alicyclic amines) is 1. The highest BCUT2D eigenvalue weighted by molar-refractivity contribution is 5.94. The Morgan fingerprint density at radius 3 is 2.48 bits per heavy atom. The quantitative estimate of drug-likeness (QED) is 0.809. The van der Waals surface area contributed by atoms with Gasteiger partial charge in [0, 0.05) is 39.3 Å². The predicted octanol–water partition coefficient (Wildman–Crippen LogP) is 4.00. The summed E-state index contributed by atoms with van der Waals surface area (Å²) in [7, 11) is 0. The van der Waals surface area contributed by atoms with Crippen LogP contribution in [0.25, 0.3) is 0 Å². The second kappa shape index (κ2) is 9.04. The molecule has 2 amide bonds. The van der Waals surface area contributed by atoms with Gasteiger partial charge in [0.05, 0.1) is 11.6 Å². The number of pyridine rings is 1. The van der Waals surface area contributed by atoms with Gasteiger partial charge in [-0.1, -0.05) is 13.0 Å². The van der Waals surface area contributed by atoms with E-state index >= 15 is 0 Å². The van der Waals surface area contributed by atoms with Gasteiger partial charge in [-0.3, -0.25) is 9.59 Å². The molecule has 31 heavy (non-hydrogen) atoms. The van der Waals surface area contributed by atoms with Crippen molar-refractivity contribution < 1.29 is 14.0 Å². The third kappa shape index (κ3) is 4.86. The van der Waals surface area contributed by atoms with E-state index in [-0.39, 0.29) is 23.7 Å². The van der Waals surface area contributed by atoms with Crippen LogP contribution < -0.4 is 5.32 Å². The van der Waals surface area contributed by atoms with Crippen LogP contribution in [0, 0.1) is 11.7 Å². The molecule has 164 valence electrons. The average molecular weight is 425 g/mol. The van der Waals surface area contributed by atoms with Crippen LogP contribution in [-0.4, -0.2) is 46.2 Å². The highest BCUT2D eigenvalue weighted by Gasteiger charge is 2.25. The molecule has 1 fully saturated rings. The number of piperidine rings is 1. The lowest BCUT2D eigenvalue weighted by Crippen LogP contribution is -2.37. The van der Waals surface area contributed by atoms with Gasteiger partial charge in [-0.15, -0.1) is 0 Å². The fourth-order valence-electron chi connectivity index (χ4n) is 4.37. The molecule has 2 aromatic rings. The number of benzene rings is 1. The first kappa shape index (κ1) is 21.3. The highest BCUT2D eigenvalue weighted by Crippen LogP contribution is 2.30. The van der Waals surface area contributed by atoms with E-state index in [9.17, 15) is 14.0 Å². The molecule has 3 heterocycles. The van der Waals surface area contributed by atoms with Crippen LogP contribution in [-0.2, 0) is 11.3 Å². The molecule has 1 atom stereocenters. The van der Waals surface area contributed by atoms with Crippen LogP contribution in [0.3, 0.4) is 0 Å². The van der Waals surface area contributed by atoms with Gasteiger partial charge >= 0.3 is 0 Å². The molecule has 0 saturated carbocycles. The first-order valence-corrected chi connectivity index (χ1v) is 11.0. The number of amides is 2. The smallest absolute Gasteiger partial charge is 0.255 e. The maximum absolute atomic E-state index is 13.8. The molecule has 1 aromatic carbocycles. The van der Waals surface area contributed by atoms with Crippen LogP contribution in [0.5, 0.6) is 0 Å². The van der Waals surface area contributed by atoms with Crippen LogP contribution in [0.15, 0.2) is 36.5 Å². The molecule has 1 saturated heterocycles. The van der Waals surface area contributed by atoms with Crippen LogP contribution in [0.1, 0.15) is 60.6 Å². The first-order chi connectivity index (χ1) is 14.9. The fraction of sp³-hybridized carbons (Fsp3) is 0.458.